The van der Waals surface area contributed by atoms with Crippen molar-refractivity contribution in [3.8, 4) is 51.0 Å². The maximum absolute atomic E-state index is 6.42. The predicted octanol–water partition coefficient (Wildman–Crippen LogP) is 12.6. The van der Waals surface area contributed by atoms with Crippen molar-refractivity contribution in [3.63, 3.8) is 0 Å². The average Bonchev–Trinajstić information content (AvgIpc) is 3.53. The van der Waals surface area contributed by atoms with Gasteiger partial charge in [-0.25, -0.2) is 15.0 Å². The minimum absolute atomic E-state index is 0.629. The molecule has 0 saturated carbocycles. The minimum Gasteiger partial charge on any atom is -0.309 e. The molecule has 0 radical (unpaired) electrons. The monoisotopic (exact) mass is 684 g/mol. The molecule has 0 N–H and O–H groups in total. The van der Waals surface area contributed by atoms with E-state index in [0.717, 1.165) is 65.5 Å². The third-order valence-corrected chi connectivity index (χ3v) is 10.1. The van der Waals surface area contributed by atoms with E-state index in [-0.39, 0.29) is 0 Å². The van der Waals surface area contributed by atoms with E-state index in [4.69, 9.17) is 26.6 Å². The lowest BCUT2D eigenvalue weighted by Gasteiger charge is -2.15. The quantitative estimate of drug-likeness (QED) is 0.181. The van der Waals surface area contributed by atoms with Gasteiger partial charge in [0.15, 0.2) is 17.5 Å². The van der Waals surface area contributed by atoms with E-state index in [2.05, 4.69) is 132 Å². The zero-order chi connectivity index (χ0) is 34.6. The number of nitrogens with zero attached hydrogens (tertiary/aromatic N) is 4. The summed E-state index contributed by atoms with van der Waals surface area (Å²) >= 11 is 6.42. The van der Waals surface area contributed by atoms with Gasteiger partial charge in [-0.3, -0.25) is 0 Å². The molecule has 52 heavy (non-hydrogen) atoms. The maximum atomic E-state index is 6.42. The summed E-state index contributed by atoms with van der Waals surface area (Å²) in [4.78, 5) is 15.3. The Morgan fingerprint density at radius 2 is 0.942 bits per heavy atom. The SMILES string of the molecule is Clc1ccc2cc3c(cc2c1)c1ccccc1n3-c1ccc(-c2nc(-c3ccccc3)nc(-c3ccc(-c4ccccc4)cc3)n2)c2ccccc12. The minimum atomic E-state index is 0.629. The van der Waals surface area contributed by atoms with Crippen molar-refractivity contribution >= 4 is 55.0 Å². The number of para-hydroxylation sites is 1. The van der Waals surface area contributed by atoms with Gasteiger partial charge in [0.2, 0.25) is 0 Å². The highest BCUT2D eigenvalue weighted by molar-refractivity contribution is 6.31. The first-order valence-electron chi connectivity index (χ1n) is 17.3. The molecule has 0 saturated heterocycles. The first-order valence-corrected chi connectivity index (χ1v) is 17.7. The van der Waals surface area contributed by atoms with Gasteiger partial charge in [0.1, 0.15) is 0 Å². The molecule has 244 valence electrons. The van der Waals surface area contributed by atoms with Crippen molar-refractivity contribution < 1.29 is 0 Å². The average molecular weight is 685 g/mol. The zero-order valence-corrected chi connectivity index (χ0v) is 28.7. The molecule has 0 unspecified atom stereocenters. The Balaban J connectivity index is 1.18. The molecule has 5 heteroatoms. The molecule has 0 fully saturated rings. The van der Waals surface area contributed by atoms with E-state index in [0.29, 0.717) is 17.5 Å². The Hall–Kier alpha value is -6.62. The Bertz CT molecular complexity index is 2950. The fourth-order valence-corrected chi connectivity index (χ4v) is 7.58. The molecule has 2 aromatic heterocycles. The number of hydrogen-bond acceptors (Lipinski definition) is 3. The molecule has 0 aliphatic carbocycles. The van der Waals surface area contributed by atoms with Crippen LogP contribution in [0.25, 0.3) is 94.3 Å². The van der Waals surface area contributed by atoms with Crippen molar-refractivity contribution in [1.29, 1.82) is 0 Å². The third kappa shape index (κ3) is 5.12. The highest BCUT2D eigenvalue weighted by Crippen LogP contribution is 2.39. The van der Waals surface area contributed by atoms with Crippen LogP contribution in [0.2, 0.25) is 5.02 Å². The second kappa shape index (κ2) is 12.3. The standard InChI is InChI=1S/C47H29ClN4/c48-36-24-23-34-29-44-41(28-35(34)27-36)39-17-9-10-18-42(39)52(44)43-26-25-40(37-15-7-8-16-38(37)43)47-50-45(32-13-5-2-6-14-32)49-46(51-47)33-21-19-31(20-22-33)30-11-3-1-4-12-30/h1-29H. The summed E-state index contributed by atoms with van der Waals surface area (Å²) in [6.45, 7) is 0. The van der Waals surface area contributed by atoms with Crippen LogP contribution in [0.4, 0.5) is 0 Å². The Kier molecular flexibility index (Phi) is 7.15. The molecule has 10 aromatic rings. The molecule has 0 aliphatic heterocycles. The number of hydrogen-bond donors (Lipinski definition) is 0. The summed E-state index contributed by atoms with van der Waals surface area (Å²) < 4.78 is 2.38. The van der Waals surface area contributed by atoms with Gasteiger partial charge < -0.3 is 4.57 Å². The second-order valence-electron chi connectivity index (χ2n) is 13.0. The van der Waals surface area contributed by atoms with E-state index in [1.54, 1.807) is 0 Å². The van der Waals surface area contributed by atoms with E-state index in [1.807, 2.05) is 48.5 Å². The van der Waals surface area contributed by atoms with Crippen molar-refractivity contribution in [2.24, 2.45) is 0 Å². The molecule has 8 aromatic carbocycles. The number of aromatic nitrogens is 4. The van der Waals surface area contributed by atoms with Crippen LogP contribution in [0.5, 0.6) is 0 Å². The third-order valence-electron chi connectivity index (χ3n) is 9.89. The molecule has 0 atom stereocenters. The number of rotatable bonds is 5. The Morgan fingerprint density at radius 3 is 1.69 bits per heavy atom. The first kappa shape index (κ1) is 30.2. The van der Waals surface area contributed by atoms with Crippen LogP contribution in [-0.2, 0) is 0 Å². The fourth-order valence-electron chi connectivity index (χ4n) is 7.40. The van der Waals surface area contributed by atoms with Crippen LogP contribution in [-0.4, -0.2) is 19.5 Å². The predicted molar refractivity (Wildman–Crippen MR) is 216 cm³/mol. The van der Waals surface area contributed by atoms with Crippen molar-refractivity contribution in [3.05, 3.63) is 181 Å². The molecule has 0 amide bonds. The van der Waals surface area contributed by atoms with Crippen molar-refractivity contribution in [2.75, 3.05) is 0 Å². The second-order valence-corrected chi connectivity index (χ2v) is 13.4. The molecular formula is C47H29ClN4. The van der Waals surface area contributed by atoms with Gasteiger partial charge >= 0.3 is 0 Å². The van der Waals surface area contributed by atoms with Crippen molar-refractivity contribution in [2.45, 2.75) is 0 Å². The molecule has 0 aliphatic rings. The van der Waals surface area contributed by atoms with Gasteiger partial charge in [-0.05, 0) is 69.8 Å². The highest BCUT2D eigenvalue weighted by atomic mass is 35.5. The summed E-state index contributed by atoms with van der Waals surface area (Å²) in [6, 6.07) is 61.1. The smallest absolute Gasteiger partial charge is 0.164 e. The first-order chi connectivity index (χ1) is 25.7. The van der Waals surface area contributed by atoms with Gasteiger partial charge in [0, 0.05) is 37.9 Å². The van der Waals surface area contributed by atoms with Gasteiger partial charge in [-0.15, -0.1) is 0 Å². The van der Waals surface area contributed by atoms with E-state index >= 15 is 0 Å². The lowest BCUT2D eigenvalue weighted by Crippen LogP contribution is -2.01. The van der Waals surface area contributed by atoms with Crippen LogP contribution in [0, 0.1) is 0 Å². The van der Waals surface area contributed by atoms with Crippen LogP contribution >= 0.6 is 11.6 Å². The fraction of sp³-hybridized carbons (Fsp3) is 0. The number of halogens is 1. The Labute approximate surface area is 305 Å². The van der Waals surface area contributed by atoms with E-state index in [1.165, 1.54) is 16.3 Å². The summed E-state index contributed by atoms with van der Waals surface area (Å²) in [7, 11) is 0. The lowest BCUT2D eigenvalue weighted by atomic mass is 10.0. The topological polar surface area (TPSA) is 43.6 Å². The summed E-state index contributed by atoms with van der Waals surface area (Å²) in [5.74, 6) is 1.89. The van der Waals surface area contributed by atoms with Gasteiger partial charge in [0.25, 0.3) is 0 Å². The summed E-state index contributed by atoms with van der Waals surface area (Å²) in [6.07, 6.45) is 0. The number of fused-ring (bicyclic) bond motifs is 5. The molecule has 0 spiro atoms. The van der Waals surface area contributed by atoms with Gasteiger partial charge in [-0.2, -0.15) is 0 Å². The molecule has 10 rings (SSSR count). The van der Waals surface area contributed by atoms with Crippen molar-refractivity contribution in [1.82, 2.24) is 19.5 Å². The molecule has 2 heterocycles. The van der Waals surface area contributed by atoms with Crippen LogP contribution in [0.1, 0.15) is 0 Å². The largest absolute Gasteiger partial charge is 0.309 e. The normalized spacial score (nSPS) is 11.6. The lowest BCUT2D eigenvalue weighted by molar-refractivity contribution is 1.08. The van der Waals surface area contributed by atoms with Crippen LogP contribution in [0.15, 0.2) is 176 Å². The Morgan fingerprint density at radius 1 is 0.365 bits per heavy atom. The molecule has 4 nitrogen and oxygen atoms in total. The molecule has 0 bridgehead atoms. The summed E-state index contributed by atoms with van der Waals surface area (Å²) in [5, 5.41) is 7.55. The van der Waals surface area contributed by atoms with Gasteiger partial charge in [-0.1, -0.05) is 145 Å². The van der Waals surface area contributed by atoms with E-state index in [9.17, 15) is 0 Å². The van der Waals surface area contributed by atoms with Gasteiger partial charge in [0.05, 0.1) is 16.7 Å². The number of benzene rings is 8. The van der Waals surface area contributed by atoms with Crippen LogP contribution in [0.3, 0.4) is 0 Å². The zero-order valence-electron chi connectivity index (χ0n) is 27.9. The summed E-state index contributed by atoms with van der Waals surface area (Å²) in [5.41, 5.74) is 8.50. The molecular weight excluding hydrogens is 656 g/mol. The van der Waals surface area contributed by atoms with Crippen LogP contribution < -0.4 is 0 Å². The van der Waals surface area contributed by atoms with E-state index < -0.39 is 0 Å². The highest BCUT2D eigenvalue weighted by Gasteiger charge is 2.19. The maximum Gasteiger partial charge on any atom is 0.164 e.